The Morgan fingerprint density at radius 1 is 0.691 bits per heavy atom. The molecule has 0 aliphatic carbocycles. The lowest BCUT2D eigenvalue weighted by Gasteiger charge is -2.33. The van der Waals surface area contributed by atoms with Gasteiger partial charge in [-0.3, -0.25) is 9.80 Å². The summed E-state index contributed by atoms with van der Waals surface area (Å²) in [5, 5.41) is 36.8. The molecule has 0 aromatic carbocycles. The third-order valence-electron chi connectivity index (χ3n) is 9.25. The van der Waals surface area contributed by atoms with Crippen LogP contribution in [-0.2, 0) is 0 Å². The Labute approximate surface area is 328 Å². The minimum atomic E-state index is 0.104. The predicted octanol–water partition coefficient (Wildman–Crippen LogP) is 9.01. The number of piperidine rings is 2. The number of aliphatic hydroxyl groups excluding tert-OH is 1. The van der Waals surface area contributed by atoms with E-state index in [1.54, 1.807) is 19.5 Å². The zero-order valence-corrected chi connectivity index (χ0v) is 32.5. The van der Waals surface area contributed by atoms with Gasteiger partial charge < -0.3 is 33.4 Å². The zero-order chi connectivity index (χ0) is 38.2. The van der Waals surface area contributed by atoms with Crippen LogP contribution in [0.1, 0.15) is 80.4 Å². The molecule has 55 heavy (non-hydrogen) atoms. The number of nitrogens with one attached hydrogen (secondary N) is 2. The number of nitrogens with zero attached hydrogens (tertiary/aromatic N) is 6. The van der Waals surface area contributed by atoms with Gasteiger partial charge in [0.1, 0.15) is 23.7 Å². The highest BCUT2D eigenvalue weighted by atomic mass is 32.1. The SMILES string of the molecule is CCO.N#Cc1nc(-c2cccs2)oc1NCC(c1ccco1)N1CCCCC1.N#Cc1nc(-c2cccs2)oc1NCC(c1ccco1)N1CCCCC1. The second kappa shape index (κ2) is 20.5. The molecular weight excluding hydrogens is 737 g/mol. The summed E-state index contributed by atoms with van der Waals surface area (Å²) >= 11 is 3.07. The van der Waals surface area contributed by atoms with Gasteiger partial charge in [-0.25, -0.2) is 0 Å². The van der Waals surface area contributed by atoms with Crippen LogP contribution >= 0.6 is 22.7 Å². The number of aromatic nitrogens is 2. The molecule has 2 aliphatic rings. The van der Waals surface area contributed by atoms with Gasteiger partial charge in [0.15, 0.2) is 0 Å². The third kappa shape index (κ3) is 10.5. The Morgan fingerprint density at radius 2 is 1.11 bits per heavy atom. The molecule has 2 saturated heterocycles. The van der Waals surface area contributed by atoms with E-state index in [1.807, 2.05) is 59.3 Å². The Balaban J connectivity index is 0.000000175. The Bertz CT molecular complexity index is 1880. The molecule has 0 radical (unpaired) electrons. The maximum atomic E-state index is 9.39. The van der Waals surface area contributed by atoms with Crippen LogP contribution in [-0.4, -0.2) is 70.7 Å². The predicted molar refractivity (Wildman–Crippen MR) is 213 cm³/mol. The summed E-state index contributed by atoms with van der Waals surface area (Å²) in [7, 11) is 0. The number of nitriles is 2. The first-order valence-electron chi connectivity index (χ1n) is 18.6. The molecule has 0 amide bonds. The van der Waals surface area contributed by atoms with Gasteiger partial charge in [-0.05, 0) is 106 Å². The molecule has 0 bridgehead atoms. The van der Waals surface area contributed by atoms with Gasteiger partial charge in [0.05, 0.1) is 34.4 Å². The lowest BCUT2D eigenvalue weighted by atomic mass is 10.1. The molecule has 288 valence electrons. The van der Waals surface area contributed by atoms with Gasteiger partial charge in [-0.15, -0.1) is 22.7 Å². The van der Waals surface area contributed by atoms with Crippen LogP contribution in [0, 0.1) is 22.7 Å². The van der Waals surface area contributed by atoms with E-state index in [0.717, 1.165) is 47.5 Å². The number of aliphatic hydroxyl groups is 1. The average Bonchev–Trinajstić information content (AvgIpc) is 4.08. The Hall–Kier alpha value is -5.16. The summed E-state index contributed by atoms with van der Waals surface area (Å²) in [4.78, 5) is 15.3. The molecule has 6 aromatic heterocycles. The standard InChI is InChI=1S/2C19H20N4O2S.C2H6O/c2*20-12-14-18(25-19(22-14)17-7-5-11-26-17)21-13-15(16-6-4-10-24-16)23-8-2-1-3-9-23;1-2-3/h2*4-7,10-11,15,21H,1-3,8-9,13H2;3H,2H2,1H3. The highest BCUT2D eigenvalue weighted by molar-refractivity contribution is 7.13. The third-order valence-corrected chi connectivity index (χ3v) is 11.0. The monoisotopic (exact) mass is 782 g/mol. The van der Waals surface area contributed by atoms with E-state index in [1.165, 1.54) is 61.2 Å². The molecule has 0 spiro atoms. The first-order valence-corrected chi connectivity index (χ1v) is 20.4. The van der Waals surface area contributed by atoms with E-state index in [0.29, 0.717) is 36.6 Å². The second-order valence-electron chi connectivity index (χ2n) is 12.9. The molecule has 15 heteroatoms. The van der Waals surface area contributed by atoms with E-state index in [4.69, 9.17) is 22.8 Å². The lowest BCUT2D eigenvalue weighted by Crippen LogP contribution is -2.37. The van der Waals surface area contributed by atoms with Crippen molar-refractivity contribution < 1.29 is 22.8 Å². The van der Waals surface area contributed by atoms with Crippen molar-refractivity contribution in [2.24, 2.45) is 0 Å². The topological polar surface area (TPSA) is 177 Å². The highest BCUT2D eigenvalue weighted by Crippen LogP contribution is 2.32. The number of anilines is 2. The quantitative estimate of drug-likeness (QED) is 0.107. The summed E-state index contributed by atoms with van der Waals surface area (Å²) in [6.45, 7) is 7.33. The van der Waals surface area contributed by atoms with E-state index in [9.17, 15) is 10.5 Å². The van der Waals surface area contributed by atoms with Crippen molar-refractivity contribution in [1.82, 2.24) is 19.8 Å². The van der Waals surface area contributed by atoms with E-state index >= 15 is 0 Å². The largest absolute Gasteiger partial charge is 0.468 e. The van der Waals surface area contributed by atoms with Crippen molar-refractivity contribution in [3.63, 3.8) is 0 Å². The first-order chi connectivity index (χ1) is 27.1. The van der Waals surface area contributed by atoms with Crippen molar-refractivity contribution in [3.8, 4) is 33.7 Å². The number of likely N-dealkylation sites (tertiary alicyclic amines) is 2. The minimum absolute atomic E-state index is 0.104. The van der Waals surface area contributed by atoms with Crippen LogP contribution < -0.4 is 10.6 Å². The van der Waals surface area contributed by atoms with Gasteiger partial charge >= 0.3 is 0 Å². The summed E-state index contributed by atoms with van der Waals surface area (Å²) in [6, 6.07) is 20.0. The average molecular weight is 783 g/mol. The van der Waals surface area contributed by atoms with Gasteiger partial charge in [-0.1, -0.05) is 25.0 Å². The fraction of sp³-hybridized carbons (Fsp3) is 0.400. The molecule has 2 fully saturated rings. The van der Waals surface area contributed by atoms with Gasteiger partial charge in [0.25, 0.3) is 0 Å². The van der Waals surface area contributed by atoms with E-state index in [-0.39, 0.29) is 30.1 Å². The van der Waals surface area contributed by atoms with Gasteiger partial charge in [-0.2, -0.15) is 20.5 Å². The summed E-state index contributed by atoms with van der Waals surface area (Å²) in [5.41, 5.74) is 0.565. The number of rotatable bonds is 12. The number of hydrogen-bond donors (Lipinski definition) is 3. The molecule has 2 aliphatic heterocycles. The number of furan rings is 2. The second-order valence-corrected chi connectivity index (χ2v) is 14.8. The van der Waals surface area contributed by atoms with E-state index in [2.05, 4.69) is 42.5 Å². The molecule has 8 heterocycles. The smallest absolute Gasteiger partial charge is 0.240 e. The van der Waals surface area contributed by atoms with Crippen LogP contribution in [0.5, 0.6) is 0 Å². The molecule has 13 nitrogen and oxygen atoms in total. The van der Waals surface area contributed by atoms with Crippen molar-refractivity contribution in [2.45, 2.75) is 57.5 Å². The molecule has 0 saturated carbocycles. The lowest BCUT2D eigenvalue weighted by molar-refractivity contribution is 0.152. The zero-order valence-electron chi connectivity index (χ0n) is 30.9. The molecular formula is C40H46N8O5S2. The van der Waals surface area contributed by atoms with Crippen LogP contribution in [0.4, 0.5) is 11.8 Å². The van der Waals surface area contributed by atoms with Gasteiger partial charge in [0, 0.05) is 19.7 Å². The minimum Gasteiger partial charge on any atom is -0.468 e. The fourth-order valence-electron chi connectivity index (χ4n) is 6.66. The first kappa shape index (κ1) is 39.5. The van der Waals surface area contributed by atoms with Crippen molar-refractivity contribution in [1.29, 1.82) is 10.5 Å². The normalized spacial score (nSPS) is 15.7. The fourth-order valence-corrected chi connectivity index (χ4v) is 7.96. The maximum absolute atomic E-state index is 9.39. The summed E-state index contributed by atoms with van der Waals surface area (Å²) < 4.78 is 23.0. The van der Waals surface area contributed by atoms with Crippen molar-refractivity contribution in [3.05, 3.63) is 94.7 Å². The van der Waals surface area contributed by atoms with Crippen LogP contribution in [0.2, 0.25) is 0 Å². The molecule has 3 N–H and O–H groups in total. The van der Waals surface area contributed by atoms with Crippen molar-refractivity contribution >= 4 is 34.4 Å². The number of hydrogen-bond acceptors (Lipinski definition) is 15. The maximum Gasteiger partial charge on any atom is 0.240 e. The van der Waals surface area contributed by atoms with Crippen LogP contribution in [0.15, 0.2) is 89.5 Å². The Kier molecular flexibility index (Phi) is 14.7. The molecule has 8 rings (SSSR count). The van der Waals surface area contributed by atoms with Crippen LogP contribution in [0.25, 0.3) is 21.5 Å². The molecule has 2 unspecified atom stereocenters. The Morgan fingerprint density at radius 3 is 1.44 bits per heavy atom. The molecule has 2 atom stereocenters. The van der Waals surface area contributed by atoms with E-state index < -0.39 is 0 Å². The summed E-state index contributed by atoms with van der Waals surface area (Å²) in [5.74, 6) is 3.65. The number of oxazole rings is 2. The highest BCUT2D eigenvalue weighted by Gasteiger charge is 2.27. The van der Waals surface area contributed by atoms with Gasteiger partial charge in [0.2, 0.25) is 34.9 Å². The van der Waals surface area contributed by atoms with Crippen LogP contribution in [0.3, 0.4) is 0 Å². The molecule has 6 aromatic rings. The number of thiophene rings is 2. The van der Waals surface area contributed by atoms with Crippen molar-refractivity contribution in [2.75, 3.05) is 56.5 Å². The summed E-state index contributed by atoms with van der Waals surface area (Å²) in [6.07, 6.45) is 10.8.